The predicted octanol–water partition coefficient (Wildman–Crippen LogP) is 4.29. The molecule has 0 N–H and O–H groups in total. The minimum absolute atomic E-state index is 0.716. The van der Waals surface area contributed by atoms with Crippen LogP contribution in [0.5, 0.6) is 0 Å². The normalized spacial score (nSPS) is 18.3. The first-order valence-electron chi connectivity index (χ1n) is 6.54. The van der Waals surface area contributed by atoms with Crippen molar-refractivity contribution in [2.45, 2.75) is 30.1 Å². The summed E-state index contributed by atoms with van der Waals surface area (Å²) in [5.41, 5.74) is 3.13. The summed E-state index contributed by atoms with van der Waals surface area (Å²) in [4.78, 5) is 5.39. The quantitative estimate of drug-likeness (QED) is 0.759. The Morgan fingerprint density at radius 2 is 1.94 bits per heavy atom. The average molecular weight is 255 g/mol. The van der Waals surface area contributed by atoms with Crippen LogP contribution >= 0.6 is 11.8 Å². The number of thioether (sulfide) groups is 1. The van der Waals surface area contributed by atoms with E-state index in [2.05, 4.69) is 41.4 Å². The van der Waals surface area contributed by atoms with E-state index in [1.54, 1.807) is 11.1 Å². The first kappa shape index (κ1) is 11.8. The lowest BCUT2D eigenvalue weighted by atomic mass is 9.84. The second-order valence-corrected chi connectivity index (χ2v) is 5.88. The van der Waals surface area contributed by atoms with Gasteiger partial charge in [-0.15, -0.1) is 11.8 Å². The Hall–Kier alpha value is -1.28. The highest BCUT2D eigenvalue weighted by Crippen LogP contribution is 2.35. The van der Waals surface area contributed by atoms with Crippen LogP contribution in [0.25, 0.3) is 0 Å². The third kappa shape index (κ3) is 2.59. The van der Waals surface area contributed by atoms with Gasteiger partial charge in [0.25, 0.3) is 0 Å². The van der Waals surface area contributed by atoms with Crippen molar-refractivity contribution in [2.75, 3.05) is 5.75 Å². The Balaban J connectivity index is 1.71. The van der Waals surface area contributed by atoms with Crippen LogP contribution in [-0.2, 0) is 6.42 Å². The Bertz CT molecular complexity index is 510. The fourth-order valence-corrected chi connectivity index (χ4v) is 3.71. The fourth-order valence-electron chi connectivity index (χ4n) is 2.66. The van der Waals surface area contributed by atoms with Crippen molar-refractivity contribution in [1.82, 2.24) is 4.98 Å². The molecule has 0 saturated heterocycles. The van der Waals surface area contributed by atoms with Gasteiger partial charge < -0.3 is 0 Å². The van der Waals surface area contributed by atoms with Crippen LogP contribution in [0.1, 0.15) is 29.9 Å². The number of hydrogen-bond donors (Lipinski definition) is 0. The molecule has 92 valence electrons. The summed E-state index contributed by atoms with van der Waals surface area (Å²) in [5, 5.41) is 0. The zero-order valence-electron chi connectivity index (χ0n) is 10.4. The van der Waals surface area contributed by atoms with Gasteiger partial charge in [-0.1, -0.05) is 24.3 Å². The number of rotatable bonds is 3. The number of aryl methyl sites for hydroxylation is 1. The molecule has 18 heavy (non-hydrogen) atoms. The van der Waals surface area contributed by atoms with Crippen molar-refractivity contribution in [3.05, 3.63) is 59.9 Å². The van der Waals surface area contributed by atoms with Gasteiger partial charge in [-0.05, 0) is 48.4 Å². The Morgan fingerprint density at radius 3 is 2.83 bits per heavy atom. The average Bonchev–Trinajstić information content (AvgIpc) is 2.46. The zero-order chi connectivity index (χ0) is 12.2. The lowest BCUT2D eigenvalue weighted by Gasteiger charge is -2.25. The summed E-state index contributed by atoms with van der Waals surface area (Å²) in [6.07, 6.45) is 7.66. The van der Waals surface area contributed by atoms with Crippen LogP contribution < -0.4 is 0 Å². The highest BCUT2D eigenvalue weighted by Gasteiger charge is 2.19. The van der Waals surface area contributed by atoms with Gasteiger partial charge in [0.1, 0.15) is 0 Å². The SMILES string of the molecule is c1ccc2c(c1)CCCC2CSc1ccncc1. The van der Waals surface area contributed by atoms with Crippen LogP contribution in [0.2, 0.25) is 0 Å². The van der Waals surface area contributed by atoms with E-state index in [9.17, 15) is 0 Å². The van der Waals surface area contributed by atoms with Crippen LogP contribution in [0.15, 0.2) is 53.7 Å². The van der Waals surface area contributed by atoms with E-state index in [0.717, 1.165) is 0 Å². The van der Waals surface area contributed by atoms with Crippen molar-refractivity contribution < 1.29 is 0 Å². The topological polar surface area (TPSA) is 12.9 Å². The summed E-state index contributed by atoms with van der Waals surface area (Å²) in [7, 11) is 0. The molecule has 2 aromatic rings. The van der Waals surface area contributed by atoms with Crippen LogP contribution in [0, 0.1) is 0 Å². The maximum Gasteiger partial charge on any atom is 0.0278 e. The molecule has 1 aliphatic rings. The minimum Gasteiger partial charge on any atom is -0.265 e. The molecular weight excluding hydrogens is 238 g/mol. The van der Waals surface area contributed by atoms with E-state index in [1.165, 1.54) is 29.9 Å². The van der Waals surface area contributed by atoms with E-state index in [-0.39, 0.29) is 0 Å². The van der Waals surface area contributed by atoms with E-state index in [0.29, 0.717) is 5.92 Å². The fraction of sp³-hybridized carbons (Fsp3) is 0.312. The third-order valence-electron chi connectivity index (χ3n) is 3.59. The molecule has 1 aromatic carbocycles. The number of aromatic nitrogens is 1. The first-order valence-corrected chi connectivity index (χ1v) is 7.52. The Labute approximate surface area is 113 Å². The lowest BCUT2D eigenvalue weighted by Crippen LogP contribution is -2.11. The van der Waals surface area contributed by atoms with Crippen LogP contribution in [-0.4, -0.2) is 10.7 Å². The van der Waals surface area contributed by atoms with Gasteiger partial charge >= 0.3 is 0 Å². The summed E-state index contributed by atoms with van der Waals surface area (Å²) in [6.45, 7) is 0. The lowest BCUT2D eigenvalue weighted by molar-refractivity contribution is 0.596. The van der Waals surface area contributed by atoms with Crippen molar-refractivity contribution in [1.29, 1.82) is 0 Å². The van der Waals surface area contributed by atoms with Crippen LogP contribution in [0.4, 0.5) is 0 Å². The molecule has 0 radical (unpaired) electrons. The number of hydrogen-bond acceptors (Lipinski definition) is 2. The second-order valence-electron chi connectivity index (χ2n) is 4.78. The molecule has 1 heterocycles. The Kier molecular flexibility index (Phi) is 3.65. The molecule has 1 unspecified atom stereocenters. The largest absolute Gasteiger partial charge is 0.265 e. The molecule has 0 fully saturated rings. The molecule has 0 bridgehead atoms. The van der Waals surface area contributed by atoms with Gasteiger partial charge in [0, 0.05) is 23.0 Å². The molecular formula is C16H17NS. The molecule has 0 saturated carbocycles. The first-order chi connectivity index (χ1) is 8.93. The van der Waals surface area contributed by atoms with Crippen molar-refractivity contribution in [3.63, 3.8) is 0 Å². The summed E-state index contributed by atoms with van der Waals surface area (Å²) in [6, 6.07) is 13.1. The zero-order valence-corrected chi connectivity index (χ0v) is 11.2. The molecule has 1 aliphatic carbocycles. The van der Waals surface area contributed by atoms with E-state index >= 15 is 0 Å². The Morgan fingerprint density at radius 1 is 1.11 bits per heavy atom. The molecule has 0 amide bonds. The van der Waals surface area contributed by atoms with Gasteiger partial charge in [0.15, 0.2) is 0 Å². The number of benzene rings is 1. The smallest absolute Gasteiger partial charge is 0.0278 e. The summed E-state index contributed by atoms with van der Waals surface area (Å²) >= 11 is 1.95. The van der Waals surface area contributed by atoms with Crippen molar-refractivity contribution in [3.8, 4) is 0 Å². The number of fused-ring (bicyclic) bond motifs is 1. The number of pyridine rings is 1. The third-order valence-corrected chi connectivity index (χ3v) is 4.77. The minimum atomic E-state index is 0.716. The van der Waals surface area contributed by atoms with Crippen molar-refractivity contribution >= 4 is 11.8 Å². The van der Waals surface area contributed by atoms with Crippen LogP contribution in [0.3, 0.4) is 0 Å². The van der Waals surface area contributed by atoms with Gasteiger partial charge in [-0.3, -0.25) is 4.98 Å². The molecule has 1 nitrogen and oxygen atoms in total. The van der Waals surface area contributed by atoms with Crippen molar-refractivity contribution in [2.24, 2.45) is 0 Å². The number of nitrogens with zero attached hydrogens (tertiary/aromatic N) is 1. The summed E-state index contributed by atoms with van der Waals surface area (Å²) in [5.74, 6) is 1.90. The second kappa shape index (κ2) is 5.57. The molecule has 2 heteroatoms. The predicted molar refractivity (Wildman–Crippen MR) is 77.1 cm³/mol. The van der Waals surface area contributed by atoms with E-state index < -0.39 is 0 Å². The maximum atomic E-state index is 4.06. The molecule has 1 atom stereocenters. The highest BCUT2D eigenvalue weighted by molar-refractivity contribution is 7.99. The van der Waals surface area contributed by atoms with Gasteiger partial charge in [0.2, 0.25) is 0 Å². The van der Waals surface area contributed by atoms with Gasteiger partial charge in [-0.25, -0.2) is 0 Å². The molecule has 1 aromatic heterocycles. The van der Waals surface area contributed by atoms with Gasteiger partial charge in [0.05, 0.1) is 0 Å². The molecule has 0 aliphatic heterocycles. The summed E-state index contributed by atoms with van der Waals surface area (Å²) < 4.78 is 0. The highest BCUT2D eigenvalue weighted by atomic mass is 32.2. The maximum absolute atomic E-state index is 4.06. The monoisotopic (exact) mass is 255 g/mol. The van der Waals surface area contributed by atoms with E-state index in [4.69, 9.17) is 0 Å². The van der Waals surface area contributed by atoms with Gasteiger partial charge in [-0.2, -0.15) is 0 Å². The van der Waals surface area contributed by atoms with E-state index in [1.807, 2.05) is 24.2 Å². The standard InChI is InChI=1S/C16H17NS/c1-2-7-16-13(4-1)5-3-6-14(16)12-18-15-8-10-17-11-9-15/h1-2,4,7-11,14H,3,5-6,12H2. The molecule has 0 spiro atoms. The molecule has 3 rings (SSSR count).